The van der Waals surface area contributed by atoms with E-state index in [4.69, 9.17) is 0 Å². The molecule has 4 heteroatoms. The van der Waals surface area contributed by atoms with Gasteiger partial charge in [-0.1, -0.05) is 13.8 Å². The minimum absolute atomic E-state index is 0.0404. The molecule has 2 heterocycles. The molecular weight excluding hydrogens is 268 g/mol. The second kappa shape index (κ2) is 4.34. The summed E-state index contributed by atoms with van der Waals surface area (Å²) in [5.41, 5.74) is 1.24. The third-order valence-electron chi connectivity index (χ3n) is 3.06. The van der Waals surface area contributed by atoms with E-state index >= 15 is 0 Å². The van der Waals surface area contributed by atoms with E-state index in [0.29, 0.717) is 5.41 Å². The quantitative estimate of drug-likeness (QED) is 0.907. The lowest BCUT2D eigenvalue weighted by molar-refractivity contribution is 0.281. The first-order valence-corrected chi connectivity index (χ1v) is 6.31. The zero-order valence-electron chi connectivity index (χ0n) is 9.70. The van der Waals surface area contributed by atoms with Crippen molar-refractivity contribution in [2.75, 3.05) is 18.0 Å². The Labute approximate surface area is 105 Å². The summed E-state index contributed by atoms with van der Waals surface area (Å²) in [5.74, 6) is 0.927. The van der Waals surface area contributed by atoms with Gasteiger partial charge in [0.15, 0.2) is 0 Å². The van der Waals surface area contributed by atoms with Crippen molar-refractivity contribution >= 4 is 21.7 Å². The summed E-state index contributed by atoms with van der Waals surface area (Å²) in [4.78, 5) is 6.68. The second-order valence-corrected chi connectivity index (χ2v) is 6.05. The van der Waals surface area contributed by atoms with Crippen LogP contribution in [-0.2, 0) is 6.61 Å². The SMILES string of the molecule is CC1(C)CCN(c2ncc(Br)cc2CO)C1. The molecule has 0 unspecified atom stereocenters. The van der Waals surface area contributed by atoms with Crippen molar-refractivity contribution in [2.45, 2.75) is 26.9 Å². The molecule has 3 nitrogen and oxygen atoms in total. The van der Waals surface area contributed by atoms with E-state index in [1.165, 1.54) is 6.42 Å². The first kappa shape index (κ1) is 11.9. The van der Waals surface area contributed by atoms with Crippen LogP contribution in [0.3, 0.4) is 0 Å². The topological polar surface area (TPSA) is 36.4 Å². The Kier molecular flexibility index (Phi) is 3.22. The van der Waals surface area contributed by atoms with E-state index < -0.39 is 0 Å². The standard InChI is InChI=1S/C12H17BrN2O/c1-12(2)3-4-15(8-12)11-9(7-16)5-10(13)6-14-11/h5-6,16H,3-4,7-8H2,1-2H3. The van der Waals surface area contributed by atoms with Crippen molar-refractivity contribution in [1.29, 1.82) is 0 Å². The summed E-state index contributed by atoms with van der Waals surface area (Å²) in [5, 5.41) is 9.35. The molecule has 0 saturated carbocycles. The average Bonchev–Trinajstić information content (AvgIpc) is 2.58. The molecule has 0 atom stereocenters. The van der Waals surface area contributed by atoms with Gasteiger partial charge in [0, 0.05) is 29.3 Å². The van der Waals surface area contributed by atoms with Gasteiger partial charge in [0.2, 0.25) is 0 Å². The Bertz CT molecular complexity index is 393. The molecule has 0 amide bonds. The lowest BCUT2D eigenvalue weighted by Gasteiger charge is -2.22. The van der Waals surface area contributed by atoms with Crippen LogP contribution in [0.2, 0.25) is 0 Å². The van der Waals surface area contributed by atoms with Gasteiger partial charge in [-0.05, 0) is 33.8 Å². The minimum atomic E-state index is 0.0404. The van der Waals surface area contributed by atoms with Crippen LogP contribution in [0, 0.1) is 5.41 Å². The summed E-state index contributed by atoms with van der Waals surface area (Å²) in [6, 6.07) is 1.94. The first-order valence-electron chi connectivity index (χ1n) is 5.52. The monoisotopic (exact) mass is 284 g/mol. The third kappa shape index (κ3) is 2.38. The van der Waals surface area contributed by atoms with E-state index in [0.717, 1.165) is 28.9 Å². The van der Waals surface area contributed by atoms with Gasteiger partial charge in [0.1, 0.15) is 5.82 Å². The summed E-state index contributed by atoms with van der Waals surface area (Å²) >= 11 is 3.38. The Hall–Kier alpha value is -0.610. The highest BCUT2D eigenvalue weighted by molar-refractivity contribution is 9.10. The maximum absolute atomic E-state index is 9.35. The van der Waals surface area contributed by atoms with Crippen LogP contribution in [0.25, 0.3) is 0 Å². The molecule has 0 aliphatic carbocycles. The Morgan fingerprint density at radius 1 is 1.56 bits per heavy atom. The largest absolute Gasteiger partial charge is 0.392 e. The van der Waals surface area contributed by atoms with Crippen molar-refractivity contribution in [2.24, 2.45) is 5.41 Å². The highest BCUT2D eigenvalue weighted by Crippen LogP contribution is 2.33. The molecule has 1 N–H and O–H groups in total. The molecule has 2 rings (SSSR count). The lowest BCUT2D eigenvalue weighted by Crippen LogP contribution is -2.24. The van der Waals surface area contributed by atoms with Crippen molar-refractivity contribution in [1.82, 2.24) is 4.98 Å². The molecule has 0 radical (unpaired) electrons. The van der Waals surface area contributed by atoms with Crippen LogP contribution in [0.15, 0.2) is 16.7 Å². The van der Waals surface area contributed by atoms with Crippen molar-refractivity contribution in [3.63, 3.8) is 0 Å². The molecule has 1 fully saturated rings. The number of anilines is 1. The van der Waals surface area contributed by atoms with Gasteiger partial charge >= 0.3 is 0 Å². The van der Waals surface area contributed by atoms with Crippen molar-refractivity contribution in [3.05, 3.63) is 22.3 Å². The van der Waals surface area contributed by atoms with Crippen LogP contribution in [-0.4, -0.2) is 23.2 Å². The number of nitrogens with zero attached hydrogens (tertiary/aromatic N) is 2. The molecular formula is C12H17BrN2O. The summed E-state index contributed by atoms with van der Waals surface area (Å²) < 4.78 is 0.916. The summed E-state index contributed by atoms with van der Waals surface area (Å²) in [7, 11) is 0. The van der Waals surface area contributed by atoms with Gasteiger partial charge in [0.25, 0.3) is 0 Å². The van der Waals surface area contributed by atoms with Gasteiger partial charge < -0.3 is 10.0 Å². The number of halogens is 1. The van der Waals surface area contributed by atoms with Gasteiger partial charge in [-0.2, -0.15) is 0 Å². The third-order valence-corrected chi connectivity index (χ3v) is 3.49. The smallest absolute Gasteiger partial charge is 0.134 e. The van der Waals surface area contributed by atoms with Gasteiger partial charge in [0.05, 0.1) is 6.61 Å². The predicted octanol–water partition coefficient (Wildman–Crippen LogP) is 2.57. The average molecular weight is 285 g/mol. The molecule has 1 aliphatic heterocycles. The Balaban J connectivity index is 2.27. The Morgan fingerprint density at radius 3 is 2.88 bits per heavy atom. The molecule has 1 aromatic rings. The number of rotatable bonds is 2. The number of hydrogen-bond donors (Lipinski definition) is 1. The van der Waals surface area contributed by atoms with Crippen LogP contribution < -0.4 is 4.90 Å². The number of pyridine rings is 1. The number of aliphatic hydroxyl groups excluding tert-OH is 1. The molecule has 1 saturated heterocycles. The van der Waals surface area contributed by atoms with E-state index in [1.807, 2.05) is 6.07 Å². The molecule has 1 aliphatic rings. The maximum Gasteiger partial charge on any atom is 0.134 e. The summed E-state index contributed by atoms with van der Waals surface area (Å²) in [6.07, 6.45) is 2.97. The van der Waals surface area contributed by atoms with Crippen LogP contribution in [0.5, 0.6) is 0 Å². The molecule has 1 aromatic heterocycles. The number of aromatic nitrogens is 1. The molecule has 0 aromatic carbocycles. The van der Waals surface area contributed by atoms with Crippen LogP contribution in [0.1, 0.15) is 25.8 Å². The zero-order chi connectivity index (χ0) is 11.8. The van der Waals surface area contributed by atoms with Gasteiger partial charge in [-0.15, -0.1) is 0 Å². The lowest BCUT2D eigenvalue weighted by atomic mass is 9.93. The number of hydrogen-bond acceptors (Lipinski definition) is 3. The first-order chi connectivity index (χ1) is 7.52. The van der Waals surface area contributed by atoms with Crippen LogP contribution >= 0.6 is 15.9 Å². The van der Waals surface area contributed by atoms with Crippen molar-refractivity contribution < 1.29 is 5.11 Å². The zero-order valence-corrected chi connectivity index (χ0v) is 11.3. The second-order valence-electron chi connectivity index (χ2n) is 5.13. The van der Waals surface area contributed by atoms with E-state index in [1.54, 1.807) is 6.20 Å². The maximum atomic E-state index is 9.35. The predicted molar refractivity (Wildman–Crippen MR) is 68.5 cm³/mol. The highest BCUT2D eigenvalue weighted by atomic mass is 79.9. The fraction of sp³-hybridized carbons (Fsp3) is 0.583. The normalized spacial score (nSPS) is 19.1. The van der Waals surface area contributed by atoms with Gasteiger partial charge in [-0.3, -0.25) is 0 Å². The van der Waals surface area contributed by atoms with Crippen molar-refractivity contribution in [3.8, 4) is 0 Å². The van der Waals surface area contributed by atoms with E-state index in [9.17, 15) is 5.11 Å². The fourth-order valence-corrected chi connectivity index (χ4v) is 2.55. The van der Waals surface area contributed by atoms with Crippen LogP contribution in [0.4, 0.5) is 5.82 Å². The fourth-order valence-electron chi connectivity index (χ4n) is 2.17. The van der Waals surface area contributed by atoms with E-state index in [-0.39, 0.29) is 6.61 Å². The minimum Gasteiger partial charge on any atom is -0.392 e. The highest BCUT2D eigenvalue weighted by Gasteiger charge is 2.30. The summed E-state index contributed by atoms with van der Waals surface area (Å²) in [6.45, 7) is 6.61. The molecule has 0 bridgehead atoms. The molecule has 88 valence electrons. The Morgan fingerprint density at radius 2 is 2.31 bits per heavy atom. The number of aliphatic hydroxyl groups is 1. The van der Waals surface area contributed by atoms with E-state index in [2.05, 4.69) is 39.7 Å². The molecule has 16 heavy (non-hydrogen) atoms. The van der Waals surface area contributed by atoms with Gasteiger partial charge in [-0.25, -0.2) is 4.98 Å². The molecule has 0 spiro atoms.